The van der Waals surface area contributed by atoms with Crippen LogP contribution in [0, 0.1) is 11.3 Å². The molecule has 0 atom stereocenters. The Hall–Kier alpha value is -2.08. The number of phenolic OH excluding ortho intramolecular Hbond substituents is 1. The largest absolute Gasteiger partial charge is 0.507 e. The Kier molecular flexibility index (Phi) is 2.82. The van der Waals surface area contributed by atoms with Gasteiger partial charge in [-0.05, 0) is 30.4 Å². The van der Waals surface area contributed by atoms with Gasteiger partial charge in [0.1, 0.15) is 12.0 Å². The van der Waals surface area contributed by atoms with Gasteiger partial charge >= 0.3 is 0 Å². The van der Waals surface area contributed by atoms with Gasteiger partial charge in [-0.25, -0.2) is 0 Å². The van der Waals surface area contributed by atoms with Gasteiger partial charge in [0.25, 0.3) is 0 Å². The van der Waals surface area contributed by atoms with Crippen LogP contribution in [0.25, 0.3) is 6.08 Å². The summed E-state index contributed by atoms with van der Waals surface area (Å²) in [4.78, 5) is 10.0. The van der Waals surface area contributed by atoms with E-state index < -0.39 is 0 Å². The molecule has 13 heavy (non-hydrogen) atoms. The molecule has 64 valence electrons. The molecule has 0 aromatic heterocycles. The van der Waals surface area contributed by atoms with Gasteiger partial charge in [0.2, 0.25) is 0 Å². The van der Waals surface area contributed by atoms with E-state index in [1.165, 1.54) is 30.4 Å². The van der Waals surface area contributed by atoms with Gasteiger partial charge in [-0.3, -0.25) is 4.79 Å². The summed E-state index contributed by atoms with van der Waals surface area (Å²) < 4.78 is 0. The van der Waals surface area contributed by atoms with Crippen LogP contribution >= 0.6 is 0 Å². The molecule has 3 nitrogen and oxygen atoms in total. The van der Waals surface area contributed by atoms with E-state index in [2.05, 4.69) is 0 Å². The van der Waals surface area contributed by atoms with Crippen molar-refractivity contribution in [1.82, 2.24) is 0 Å². The molecule has 3 heteroatoms. The SMILES string of the molecule is N#Cc1ccc(O)c(/C=C/C=O)c1. The van der Waals surface area contributed by atoms with E-state index in [1.54, 1.807) is 0 Å². The smallest absolute Gasteiger partial charge is 0.142 e. The summed E-state index contributed by atoms with van der Waals surface area (Å²) in [5.74, 6) is 0.0529. The molecule has 0 spiro atoms. The first-order valence-corrected chi connectivity index (χ1v) is 3.63. The number of carbonyl (C=O) groups is 1. The average molecular weight is 173 g/mol. The summed E-state index contributed by atoms with van der Waals surface area (Å²) >= 11 is 0. The highest BCUT2D eigenvalue weighted by Gasteiger charge is 1.98. The van der Waals surface area contributed by atoms with Crippen molar-refractivity contribution < 1.29 is 9.90 Å². The molecule has 1 rings (SSSR count). The lowest BCUT2D eigenvalue weighted by Gasteiger charge is -1.97. The maximum absolute atomic E-state index is 10.0. The summed E-state index contributed by atoms with van der Waals surface area (Å²) in [7, 11) is 0. The van der Waals surface area contributed by atoms with Crippen LogP contribution in [0.5, 0.6) is 5.75 Å². The monoisotopic (exact) mass is 173 g/mol. The molecule has 0 fully saturated rings. The fraction of sp³-hybridized carbons (Fsp3) is 0. The van der Waals surface area contributed by atoms with Crippen LogP contribution in [0.2, 0.25) is 0 Å². The van der Waals surface area contributed by atoms with Gasteiger partial charge in [0.05, 0.1) is 11.6 Å². The van der Waals surface area contributed by atoms with E-state index in [9.17, 15) is 9.90 Å². The lowest BCUT2D eigenvalue weighted by molar-refractivity contribution is -0.104. The van der Waals surface area contributed by atoms with Gasteiger partial charge in [-0.15, -0.1) is 0 Å². The zero-order valence-corrected chi connectivity index (χ0v) is 6.77. The van der Waals surface area contributed by atoms with Gasteiger partial charge < -0.3 is 5.11 Å². The first-order valence-electron chi connectivity index (χ1n) is 3.63. The van der Waals surface area contributed by atoms with Crippen molar-refractivity contribution in [3.63, 3.8) is 0 Å². The van der Waals surface area contributed by atoms with Gasteiger partial charge in [0, 0.05) is 5.56 Å². The van der Waals surface area contributed by atoms with Crippen molar-refractivity contribution in [2.45, 2.75) is 0 Å². The molecular weight excluding hydrogens is 166 g/mol. The Bertz CT molecular complexity index is 388. The molecule has 1 aromatic carbocycles. The minimum absolute atomic E-state index is 0.0529. The summed E-state index contributed by atoms with van der Waals surface area (Å²) in [6, 6.07) is 6.37. The Labute approximate surface area is 75.5 Å². The first-order chi connectivity index (χ1) is 6.27. The van der Waals surface area contributed by atoms with Crippen molar-refractivity contribution >= 4 is 12.4 Å². The van der Waals surface area contributed by atoms with Crippen LogP contribution < -0.4 is 0 Å². The number of nitriles is 1. The zero-order valence-electron chi connectivity index (χ0n) is 6.77. The molecule has 0 amide bonds. The van der Waals surface area contributed by atoms with Crippen molar-refractivity contribution in [3.05, 3.63) is 35.4 Å². The van der Waals surface area contributed by atoms with E-state index in [0.717, 1.165) is 0 Å². The summed E-state index contributed by atoms with van der Waals surface area (Å²) in [6.45, 7) is 0. The van der Waals surface area contributed by atoms with E-state index in [0.29, 0.717) is 17.4 Å². The normalized spacial score (nSPS) is 9.77. The molecule has 0 radical (unpaired) electrons. The number of hydrogen-bond donors (Lipinski definition) is 1. The third kappa shape index (κ3) is 2.17. The number of carbonyl (C=O) groups excluding carboxylic acids is 1. The molecule has 0 aliphatic carbocycles. The molecular formula is C10H7NO2. The van der Waals surface area contributed by atoms with Crippen molar-refractivity contribution in [3.8, 4) is 11.8 Å². The highest BCUT2D eigenvalue weighted by Crippen LogP contribution is 2.19. The Morgan fingerprint density at radius 2 is 2.23 bits per heavy atom. The number of rotatable bonds is 2. The lowest BCUT2D eigenvalue weighted by atomic mass is 10.1. The van der Waals surface area contributed by atoms with Crippen molar-refractivity contribution in [2.24, 2.45) is 0 Å². The molecule has 0 saturated carbocycles. The molecule has 0 aliphatic heterocycles. The Balaban J connectivity index is 3.12. The maximum atomic E-state index is 10.0. The van der Waals surface area contributed by atoms with E-state index in [1.807, 2.05) is 6.07 Å². The summed E-state index contributed by atoms with van der Waals surface area (Å²) in [5, 5.41) is 17.8. The number of benzene rings is 1. The van der Waals surface area contributed by atoms with Crippen LogP contribution in [0.15, 0.2) is 24.3 Å². The number of hydrogen-bond acceptors (Lipinski definition) is 3. The van der Waals surface area contributed by atoms with E-state index in [4.69, 9.17) is 5.26 Å². The van der Waals surface area contributed by atoms with Crippen LogP contribution in [0.1, 0.15) is 11.1 Å². The molecule has 0 bridgehead atoms. The maximum Gasteiger partial charge on any atom is 0.142 e. The number of aromatic hydroxyl groups is 1. The second kappa shape index (κ2) is 4.07. The van der Waals surface area contributed by atoms with Gasteiger partial charge in [-0.2, -0.15) is 5.26 Å². The fourth-order valence-electron chi connectivity index (χ4n) is 0.901. The summed E-state index contributed by atoms with van der Waals surface area (Å²) in [6.07, 6.45) is 3.32. The second-order valence-electron chi connectivity index (χ2n) is 2.38. The third-order valence-corrected chi connectivity index (χ3v) is 1.51. The van der Waals surface area contributed by atoms with Crippen LogP contribution in [0.3, 0.4) is 0 Å². The topological polar surface area (TPSA) is 61.1 Å². The van der Waals surface area contributed by atoms with Gasteiger partial charge in [0.15, 0.2) is 0 Å². The first kappa shape index (κ1) is 9.01. The number of nitrogens with zero attached hydrogens (tertiary/aromatic N) is 1. The fourth-order valence-corrected chi connectivity index (χ4v) is 0.901. The highest BCUT2D eigenvalue weighted by molar-refractivity contribution is 5.75. The van der Waals surface area contributed by atoms with Crippen LogP contribution in [-0.2, 0) is 4.79 Å². The predicted octanol–water partition coefficient (Wildman–Crippen LogP) is 1.48. The average Bonchev–Trinajstić information content (AvgIpc) is 2.17. The van der Waals surface area contributed by atoms with Crippen molar-refractivity contribution in [1.29, 1.82) is 5.26 Å². The minimum Gasteiger partial charge on any atom is -0.507 e. The highest BCUT2D eigenvalue weighted by atomic mass is 16.3. The molecule has 1 N–H and O–H groups in total. The van der Waals surface area contributed by atoms with E-state index in [-0.39, 0.29) is 5.75 Å². The van der Waals surface area contributed by atoms with Crippen LogP contribution in [-0.4, -0.2) is 11.4 Å². The van der Waals surface area contributed by atoms with Gasteiger partial charge in [-0.1, -0.05) is 0 Å². The molecule has 1 aromatic rings. The van der Waals surface area contributed by atoms with Crippen molar-refractivity contribution in [2.75, 3.05) is 0 Å². The van der Waals surface area contributed by atoms with E-state index >= 15 is 0 Å². The number of allylic oxidation sites excluding steroid dienone is 1. The number of phenols is 1. The molecule has 0 aliphatic rings. The van der Waals surface area contributed by atoms with Crippen LogP contribution in [0.4, 0.5) is 0 Å². The summed E-state index contributed by atoms with van der Waals surface area (Å²) in [5.41, 5.74) is 0.912. The third-order valence-electron chi connectivity index (χ3n) is 1.51. The standard InChI is InChI=1S/C10H7NO2/c11-7-8-3-4-10(13)9(6-8)2-1-5-12/h1-6,13H/b2-1+. The Morgan fingerprint density at radius 3 is 2.85 bits per heavy atom. The Morgan fingerprint density at radius 1 is 1.46 bits per heavy atom. The quantitative estimate of drug-likeness (QED) is 0.544. The zero-order chi connectivity index (χ0) is 9.68. The number of aldehydes is 1. The molecule has 0 unspecified atom stereocenters. The predicted molar refractivity (Wildman–Crippen MR) is 47.9 cm³/mol. The molecule has 0 saturated heterocycles. The lowest BCUT2D eigenvalue weighted by Crippen LogP contribution is -1.78. The molecule has 0 heterocycles. The second-order valence-corrected chi connectivity index (χ2v) is 2.38. The minimum atomic E-state index is 0.0529.